The van der Waals surface area contributed by atoms with E-state index in [2.05, 4.69) is 20.8 Å². The summed E-state index contributed by atoms with van der Waals surface area (Å²) in [6, 6.07) is 0. The summed E-state index contributed by atoms with van der Waals surface area (Å²) >= 11 is 0. The van der Waals surface area contributed by atoms with Gasteiger partial charge in [-0.15, -0.1) is 0 Å². The van der Waals surface area contributed by atoms with Crippen molar-refractivity contribution >= 4 is 11.9 Å². The number of nitrogens with zero attached hydrogens (tertiary/aromatic N) is 1. The average Bonchev–Trinajstić information content (AvgIpc) is 2.26. The van der Waals surface area contributed by atoms with Crippen molar-refractivity contribution in [2.24, 2.45) is 10.8 Å². The number of carbonyl (C=O) groups is 2. The minimum Gasteiger partial charge on any atom is -0.481 e. The Balaban J connectivity index is 2.69. The highest BCUT2D eigenvalue weighted by atomic mass is 16.4. The molecule has 4 nitrogen and oxygen atoms in total. The van der Waals surface area contributed by atoms with Gasteiger partial charge in [0.1, 0.15) is 0 Å². The van der Waals surface area contributed by atoms with Crippen molar-refractivity contribution in [2.75, 3.05) is 13.6 Å². The molecular formula is C16H29NO3. The molecule has 0 atom stereocenters. The fraction of sp³-hybridized carbons (Fsp3) is 0.875. The van der Waals surface area contributed by atoms with E-state index < -0.39 is 5.97 Å². The predicted octanol–water partition coefficient (Wildman–Crippen LogP) is 3.31. The Morgan fingerprint density at radius 3 is 2.10 bits per heavy atom. The normalized spacial score (nSPS) is 18.6. The zero-order chi connectivity index (χ0) is 15.4. The van der Waals surface area contributed by atoms with Crippen LogP contribution in [0.3, 0.4) is 0 Å². The number of hydrogen-bond acceptors (Lipinski definition) is 2. The van der Waals surface area contributed by atoms with Gasteiger partial charge in [0.05, 0.1) is 6.42 Å². The number of rotatable bonds is 5. The summed E-state index contributed by atoms with van der Waals surface area (Å²) in [5.74, 6) is -0.693. The van der Waals surface area contributed by atoms with E-state index >= 15 is 0 Å². The number of aliphatic carboxylic acids is 1. The Morgan fingerprint density at radius 2 is 1.65 bits per heavy atom. The molecule has 0 heterocycles. The van der Waals surface area contributed by atoms with Gasteiger partial charge in [-0.25, -0.2) is 0 Å². The van der Waals surface area contributed by atoms with Crippen molar-refractivity contribution in [1.82, 2.24) is 4.90 Å². The molecule has 20 heavy (non-hydrogen) atoms. The highest BCUT2D eigenvalue weighted by molar-refractivity contribution is 5.78. The summed E-state index contributed by atoms with van der Waals surface area (Å²) < 4.78 is 0. The van der Waals surface area contributed by atoms with Crippen LogP contribution in [0.1, 0.15) is 65.7 Å². The summed E-state index contributed by atoms with van der Waals surface area (Å²) in [4.78, 5) is 25.3. The minimum absolute atomic E-state index is 0.0664. The van der Waals surface area contributed by atoms with Crippen LogP contribution in [-0.2, 0) is 9.59 Å². The van der Waals surface area contributed by atoms with Crippen LogP contribution in [0.5, 0.6) is 0 Å². The molecule has 1 rings (SSSR count). The Hall–Kier alpha value is -1.06. The first-order valence-electron chi connectivity index (χ1n) is 7.59. The fourth-order valence-electron chi connectivity index (χ4n) is 3.29. The summed E-state index contributed by atoms with van der Waals surface area (Å²) in [7, 11) is 1.82. The maximum absolute atomic E-state index is 12.4. The van der Waals surface area contributed by atoms with Crippen LogP contribution in [0.4, 0.5) is 0 Å². The van der Waals surface area contributed by atoms with Gasteiger partial charge in [0.15, 0.2) is 0 Å². The third-order valence-electron chi connectivity index (χ3n) is 4.10. The lowest BCUT2D eigenvalue weighted by Crippen LogP contribution is -2.39. The van der Waals surface area contributed by atoms with Crippen LogP contribution < -0.4 is 0 Å². The minimum atomic E-state index is -0.779. The van der Waals surface area contributed by atoms with Crippen molar-refractivity contribution in [3.63, 3.8) is 0 Å². The molecule has 0 saturated heterocycles. The molecule has 1 saturated carbocycles. The fourth-order valence-corrected chi connectivity index (χ4v) is 3.29. The molecule has 0 unspecified atom stereocenters. The highest BCUT2D eigenvalue weighted by Gasteiger charge is 2.37. The van der Waals surface area contributed by atoms with Crippen LogP contribution in [0, 0.1) is 10.8 Å². The Morgan fingerprint density at radius 1 is 1.10 bits per heavy atom. The van der Waals surface area contributed by atoms with Gasteiger partial charge in [-0.2, -0.15) is 0 Å². The summed E-state index contributed by atoms with van der Waals surface area (Å²) in [6.45, 7) is 7.01. The van der Waals surface area contributed by atoms with Gasteiger partial charge in [0.25, 0.3) is 0 Å². The summed E-state index contributed by atoms with van der Waals surface area (Å²) in [5.41, 5.74) is -0.246. The quantitative estimate of drug-likeness (QED) is 0.842. The van der Waals surface area contributed by atoms with E-state index in [1.807, 2.05) is 7.05 Å². The van der Waals surface area contributed by atoms with E-state index in [4.69, 9.17) is 5.11 Å². The molecule has 4 heteroatoms. The summed E-state index contributed by atoms with van der Waals surface area (Å²) in [5, 5.41) is 9.14. The van der Waals surface area contributed by atoms with E-state index in [0.717, 1.165) is 32.1 Å². The van der Waals surface area contributed by atoms with Crippen LogP contribution >= 0.6 is 0 Å². The molecule has 0 spiro atoms. The van der Waals surface area contributed by atoms with Crippen molar-refractivity contribution in [1.29, 1.82) is 0 Å². The van der Waals surface area contributed by atoms with Crippen LogP contribution in [0.15, 0.2) is 0 Å². The molecule has 0 aromatic carbocycles. The van der Waals surface area contributed by atoms with Crippen LogP contribution in [0.25, 0.3) is 0 Å². The smallest absolute Gasteiger partial charge is 0.303 e. The zero-order valence-corrected chi connectivity index (χ0v) is 13.4. The molecule has 0 aromatic heterocycles. The van der Waals surface area contributed by atoms with Crippen LogP contribution in [-0.4, -0.2) is 35.5 Å². The van der Waals surface area contributed by atoms with Gasteiger partial charge in [0, 0.05) is 20.0 Å². The molecular weight excluding hydrogens is 254 g/mol. The van der Waals surface area contributed by atoms with Crippen molar-refractivity contribution in [3.8, 4) is 0 Å². The molecule has 0 aromatic rings. The first kappa shape index (κ1) is 17.0. The number of carboxylic acid groups (broad SMARTS) is 1. The van der Waals surface area contributed by atoms with Gasteiger partial charge in [0.2, 0.25) is 5.91 Å². The number of amides is 1. The maximum atomic E-state index is 12.4. The first-order valence-corrected chi connectivity index (χ1v) is 7.59. The Labute approximate surface area is 122 Å². The molecule has 1 aliphatic carbocycles. The second kappa shape index (κ2) is 6.59. The maximum Gasteiger partial charge on any atom is 0.303 e. The van der Waals surface area contributed by atoms with E-state index in [9.17, 15) is 9.59 Å². The second-order valence-corrected chi connectivity index (χ2v) is 7.62. The number of carboxylic acids is 1. The predicted molar refractivity (Wildman–Crippen MR) is 79.5 cm³/mol. The van der Waals surface area contributed by atoms with E-state index in [0.29, 0.717) is 13.0 Å². The van der Waals surface area contributed by atoms with Crippen LogP contribution in [0.2, 0.25) is 0 Å². The Kier molecular flexibility index (Phi) is 5.60. The first-order chi connectivity index (χ1) is 9.14. The third kappa shape index (κ3) is 5.51. The molecule has 0 bridgehead atoms. The average molecular weight is 283 g/mol. The molecule has 1 N–H and O–H groups in total. The zero-order valence-electron chi connectivity index (χ0n) is 13.4. The highest BCUT2D eigenvalue weighted by Crippen LogP contribution is 2.42. The largest absolute Gasteiger partial charge is 0.481 e. The SMILES string of the molecule is CN(CC(C)(C)C)C(=O)CC1(CC(=O)O)CCCCC1. The number of carbonyl (C=O) groups excluding carboxylic acids is 1. The van der Waals surface area contributed by atoms with E-state index in [1.165, 1.54) is 0 Å². The standard InChI is InChI=1S/C16H29NO3/c1-15(2,3)12-17(4)13(18)10-16(11-14(19)20)8-6-5-7-9-16/h5-12H2,1-4H3,(H,19,20). The van der Waals surface area contributed by atoms with Gasteiger partial charge in [-0.05, 0) is 23.7 Å². The van der Waals surface area contributed by atoms with Crippen molar-refractivity contribution < 1.29 is 14.7 Å². The van der Waals surface area contributed by atoms with Gasteiger partial charge in [-0.3, -0.25) is 9.59 Å². The molecule has 1 aliphatic rings. The van der Waals surface area contributed by atoms with Gasteiger partial charge in [-0.1, -0.05) is 40.0 Å². The molecule has 0 radical (unpaired) electrons. The van der Waals surface area contributed by atoms with Crippen molar-refractivity contribution in [2.45, 2.75) is 65.7 Å². The summed E-state index contributed by atoms with van der Waals surface area (Å²) in [6.07, 6.45) is 5.50. The van der Waals surface area contributed by atoms with Crippen molar-refractivity contribution in [3.05, 3.63) is 0 Å². The lowest BCUT2D eigenvalue weighted by atomic mass is 9.69. The third-order valence-corrected chi connectivity index (χ3v) is 4.10. The van der Waals surface area contributed by atoms with Gasteiger partial charge >= 0.3 is 5.97 Å². The molecule has 1 fully saturated rings. The lowest BCUT2D eigenvalue weighted by Gasteiger charge is -2.37. The second-order valence-electron chi connectivity index (χ2n) is 7.62. The molecule has 116 valence electrons. The molecule has 1 amide bonds. The van der Waals surface area contributed by atoms with Gasteiger partial charge < -0.3 is 10.0 Å². The monoisotopic (exact) mass is 283 g/mol. The Bertz CT molecular complexity index is 351. The molecule has 0 aliphatic heterocycles. The van der Waals surface area contributed by atoms with E-state index in [1.54, 1.807) is 4.90 Å². The number of hydrogen-bond donors (Lipinski definition) is 1. The topological polar surface area (TPSA) is 57.6 Å². The lowest BCUT2D eigenvalue weighted by molar-refractivity contribution is -0.142. The van der Waals surface area contributed by atoms with E-state index in [-0.39, 0.29) is 23.2 Å².